The number of halogens is 1. The number of hydrogen-bond donors (Lipinski definition) is 1. The SMILES string of the molecule is COc1ccc(CN(CCN2CCOCC2)C(=S)Nc2ccc(C)cc2Cl)cc1. The largest absolute Gasteiger partial charge is 0.497 e. The first-order valence-electron chi connectivity index (χ1n) is 9.80. The van der Waals surface area contributed by atoms with Gasteiger partial charge in [0.1, 0.15) is 5.75 Å². The average molecular weight is 434 g/mol. The van der Waals surface area contributed by atoms with Gasteiger partial charge in [-0.3, -0.25) is 4.90 Å². The van der Waals surface area contributed by atoms with Crippen LogP contribution < -0.4 is 10.1 Å². The third-order valence-electron chi connectivity index (χ3n) is 4.98. The van der Waals surface area contributed by atoms with E-state index >= 15 is 0 Å². The summed E-state index contributed by atoms with van der Waals surface area (Å²) >= 11 is 12.1. The van der Waals surface area contributed by atoms with E-state index in [1.807, 2.05) is 37.3 Å². The maximum Gasteiger partial charge on any atom is 0.173 e. The number of nitrogens with one attached hydrogen (secondary N) is 1. The molecule has 0 saturated carbocycles. The number of morpholine rings is 1. The number of benzene rings is 2. The number of aryl methyl sites for hydroxylation is 1. The molecular formula is C22H28ClN3O2S. The third kappa shape index (κ3) is 6.57. The standard InChI is InChI=1S/C22H28ClN3O2S/c1-17-3-8-21(20(23)15-17)24-22(29)26(10-9-25-11-13-28-14-12-25)16-18-4-6-19(27-2)7-5-18/h3-8,15H,9-14,16H2,1-2H3,(H,24,29). The van der Waals surface area contributed by atoms with E-state index < -0.39 is 0 Å². The van der Waals surface area contributed by atoms with Crippen molar-refractivity contribution in [2.75, 3.05) is 51.8 Å². The lowest BCUT2D eigenvalue weighted by Crippen LogP contribution is -2.44. The molecule has 0 aliphatic carbocycles. The Morgan fingerprint density at radius 3 is 2.59 bits per heavy atom. The van der Waals surface area contributed by atoms with Gasteiger partial charge in [0, 0.05) is 32.7 Å². The zero-order chi connectivity index (χ0) is 20.6. The predicted molar refractivity (Wildman–Crippen MR) is 123 cm³/mol. The lowest BCUT2D eigenvalue weighted by Gasteiger charge is -2.31. The number of hydrogen-bond acceptors (Lipinski definition) is 4. The van der Waals surface area contributed by atoms with E-state index in [4.69, 9.17) is 33.3 Å². The number of methoxy groups -OCH3 is 1. The van der Waals surface area contributed by atoms with Crippen LogP contribution in [-0.4, -0.2) is 61.4 Å². The maximum absolute atomic E-state index is 6.39. The van der Waals surface area contributed by atoms with Crippen molar-refractivity contribution in [3.63, 3.8) is 0 Å². The van der Waals surface area contributed by atoms with Gasteiger partial charge >= 0.3 is 0 Å². The Hall–Kier alpha value is -1.86. The fourth-order valence-corrected chi connectivity index (χ4v) is 3.75. The highest BCUT2D eigenvalue weighted by atomic mass is 35.5. The lowest BCUT2D eigenvalue weighted by molar-refractivity contribution is 0.0358. The van der Waals surface area contributed by atoms with Crippen LogP contribution in [0.25, 0.3) is 0 Å². The van der Waals surface area contributed by atoms with Crippen molar-refractivity contribution in [1.82, 2.24) is 9.80 Å². The molecule has 1 N–H and O–H groups in total. The molecule has 1 aliphatic rings. The minimum atomic E-state index is 0.667. The van der Waals surface area contributed by atoms with E-state index in [0.717, 1.165) is 56.4 Å². The Morgan fingerprint density at radius 1 is 1.21 bits per heavy atom. The topological polar surface area (TPSA) is 37.0 Å². The molecule has 156 valence electrons. The number of rotatable bonds is 7. The first kappa shape index (κ1) is 21.8. The van der Waals surface area contributed by atoms with Gasteiger partial charge in [-0.05, 0) is 54.5 Å². The predicted octanol–water partition coefficient (Wildman–Crippen LogP) is 4.19. The minimum Gasteiger partial charge on any atom is -0.497 e. The van der Waals surface area contributed by atoms with E-state index in [1.54, 1.807) is 7.11 Å². The van der Waals surface area contributed by atoms with Gasteiger partial charge in [0.15, 0.2) is 5.11 Å². The quantitative estimate of drug-likeness (QED) is 0.660. The van der Waals surface area contributed by atoms with Gasteiger partial charge in [0.25, 0.3) is 0 Å². The molecule has 1 saturated heterocycles. The summed E-state index contributed by atoms with van der Waals surface area (Å²) in [5.74, 6) is 0.848. The van der Waals surface area contributed by atoms with Gasteiger partial charge in [-0.1, -0.05) is 29.8 Å². The Morgan fingerprint density at radius 2 is 1.93 bits per heavy atom. The molecule has 0 atom stereocenters. The van der Waals surface area contributed by atoms with Crippen LogP contribution in [0.4, 0.5) is 5.69 Å². The summed E-state index contributed by atoms with van der Waals surface area (Å²) in [6.07, 6.45) is 0. The summed E-state index contributed by atoms with van der Waals surface area (Å²) in [5, 5.41) is 4.66. The normalized spacial score (nSPS) is 14.4. The van der Waals surface area contributed by atoms with E-state index in [-0.39, 0.29) is 0 Å². The molecule has 0 aromatic heterocycles. The van der Waals surface area contributed by atoms with Gasteiger partial charge in [0.2, 0.25) is 0 Å². The summed E-state index contributed by atoms with van der Waals surface area (Å²) in [7, 11) is 1.67. The molecule has 2 aromatic carbocycles. The molecule has 29 heavy (non-hydrogen) atoms. The Balaban J connectivity index is 1.69. The second kappa shape index (κ2) is 10.8. The Bertz CT molecular complexity index is 810. The van der Waals surface area contributed by atoms with Crippen molar-refractivity contribution in [3.8, 4) is 5.75 Å². The molecule has 2 aromatic rings. The first-order valence-corrected chi connectivity index (χ1v) is 10.6. The van der Waals surface area contributed by atoms with E-state index in [2.05, 4.69) is 27.2 Å². The van der Waals surface area contributed by atoms with Crippen LogP contribution in [0.3, 0.4) is 0 Å². The number of anilines is 1. The van der Waals surface area contributed by atoms with Crippen LogP contribution in [0.1, 0.15) is 11.1 Å². The van der Waals surface area contributed by atoms with Crippen molar-refractivity contribution < 1.29 is 9.47 Å². The molecule has 1 aliphatic heterocycles. The highest BCUT2D eigenvalue weighted by Crippen LogP contribution is 2.23. The molecule has 1 fully saturated rings. The summed E-state index contributed by atoms with van der Waals surface area (Å²) in [4.78, 5) is 4.59. The van der Waals surface area contributed by atoms with Crippen LogP contribution in [0.2, 0.25) is 5.02 Å². The zero-order valence-corrected chi connectivity index (χ0v) is 18.6. The number of nitrogens with zero attached hydrogens (tertiary/aromatic N) is 2. The molecule has 0 spiro atoms. The molecular weight excluding hydrogens is 406 g/mol. The van der Waals surface area contributed by atoms with Gasteiger partial charge < -0.3 is 19.7 Å². The highest BCUT2D eigenvalue weighted by molar-refractivity contribution is 7.80. The van der Waals surface area contributed by atoms with Gasteiger partial charge in [-0.15, -0.1) is 0 Å². The van der Waals surface area contributed by atoms with Crippen molar-refractivity contribution in [3.05, 3.63) is 58.6 Å². The van der Waals surface area contributed by atoms with Crippen molar-refractivity contribution in [2.24, 2.45) is 0 Å². The smallest absolute Gasteiger partial charge is 0.173 e. The summed E-state index contributed by atoms with van der Waals surface area (Å²) in [6, 6.07) is 14.0. The summed E-state index contributed by atoms with van der Waals surface area (Å²) in [5.41, 5.74) is 3.12. The van der Waals surface area contributed by atoms with Crippen LogP contribution >= 0.6 is 23.8 Å². The van der Waals surface area contributed by atoms with Crippen molar-refractivity contribution >= 4 is 34.6 Å². The zero-order valence-electron chi connectivity index (χ0n) is 17.0. The molecule has 0 bridgehead atoms. The fraction of sp³-hybridized carbons (Fsp3) is 0.409. The lowest BCUT2D eigenvalue weighted by atomic mass is 10.2. The highest BCUT2D eigenvalue weighted by Gasteiger charge is 2.16. The minimum absolute atomic E-state index is 0.667. The van der Waals surface area contributed by atoms with Gasteiger partial charge in [-0.2, -0.15) is 0 Å². The van der Waals surface area contributed by atoms with E-state index in [1.165, 1.54) is 5.56 Å². The Kier molecular flexibility index (Phi) is 8.12. The molecule has 0 unspecified atom stereocenters. The van der Waals surface area contributed by atoms with Crippen LogP contribution in [0, 0.1) is 6.92 Å². The van der Waals surface area contributed by atoms with Crippen molar-refractivity contribution in [2.45, 2.75) is 13.5 Å². The van der Waals surface area contributed by atoms with Crippen LogP contribution in [0.5, 0.6) is 5.75 Å². The molecule has 5 nitrogen and oxygen atoms in total. The number of thiocarbonyl (C=S) groups is 1. The summed E-state index contributed by atoms with van der Waals surface area (Å²) in [6.45, 7) is 7.99. The summed E-state index contributed by atoms with van der Waals surface area (Å²) < 4.78 is 10.7. The monoisotopic (exact) mass is 433 g/mol. The second-order valence-electron chi connectivity index (χ2n) is 7.14. The van der Waals surface area contributed by atoms with E-state index in [0.29, 0.717) is 16.7 Å². The third-order valence-corrected chi connectivity index (χ3v) is 5.65. The number of ether oxygens (including phenoxy) is 2. The van der Waals surface area contributed by atoms with Crippen LogP contribution in [-0.2, 0) is 11.3 Å². The molecule has 0 radical (unpaired) electrons. The fourth-order valence-electron chi connectivity index (χ4n) is 3.21. The van der Waals surface area contributed by atoms with Crippen molar-refractivity contribution in [1.29, 1.82) is 0 Å². The molecule has 3 rings (SSSR count). The van der Waals surface area contributed by atoms with Crippen LogP contribution in [0.15, 0.2) is 42.5 Å². The van der Waals surface area contributed by atoms with Gasteiger partial charge in [-0.25, -0.2) is 0 Å². The van der Waals surface area contributed by atoms with Gasteiger partial charge in [0.05, 0.1) is 31.0 Å². The molecule has 7 heteroatoms. The van der Waals surface area contributed by atoms with E-state index in [9.17, 15) is 0 Å². The molecule has 1 heterocycles. The maximum atomic E-state index is 6.39. The Labute approximate surface area is 183 Å². The molecule has 0 amide bonds. The average Bonchev–Trinajstić information content (AvgIpc) is 2.74. The first-order chi connectivity index (χ1) is 14.0. The second-order valence-corrected chi connectivity index (χ2v) is 7.93.